The Bertz CT molecular complexity index is 1230. The Morgan fingerprint density at radius 3 is 2.74 bits per heavy atom. The summed E-state index contributed by atoms with van der Waals surface area (Å²) in [6.07, 6.45) is 0.678. The molecule has 1 N–H and O–H groups in total. The summed E-state index contributed by atoms with van der Waals surface area (Å²) in [6.45, 7) is 2.11. The molecule has 3 aromatic heterocycles. The Morgan fingerprint density at radius 1 is 1.16 bits per heavy atom. The number of rotatable bonds is 5. The summed E-state index contributed by atoms with van der Waals surface area (Å²) in [5, 5.41) is 4.65. The molecule has 4 rings (SSSR count). The molecule has 0 atom stereocenters. The summed E-state index contributed by atoms with van der Waals surface area (Å²) in [6, 6.07) is 8.50. The first kappa shape index (κ1) is 20.7. The molecule has 158 valence electrons. The zero-order valence-corrected chi connectivity index (χ0v) is 17.0. The third-order valence-corrected chi connectivity index (χ3v) is 5.40. The van der Waals surface area contributed by atoms with Crippen molar-refractivity contribution < 1.29 is 18.0 Å². The number of aryl methyl sites for hydroxylation is 1. The number of thiazole rings is 1. The van der Waals surface area contributed by atoms with Gasteiger partial charge in [0.25, 0.3) is 5.91 Å². The summed E-state index contributed by atoms with van der Waals surface area (Å²) < 4.78 is 40.6. The van der Waals surface area contributed by atoms with Gasteiger partial charge in [-0.15, -0.1) is 11.3 Å². The lowest BCUT2D eigenvalue weighted by molar-refractivity contribution is -0.137. The zero-order valence-electron chi connectivity index (χ0n) is 16.2. The lowest BCUT2D eigenvalue weighted by atomic mass is 10.1. The number of aromatic nitrogens is 4. The molecular formula is C21H16F3N5OS. The largest absolute Gasteiger partial charge is 0.416 e. The van der Waals surface area contributed by atoms with Gasteiger partial charge in [0.05, 0.1) is 5.56 Å². The number of halogens is 3. The number of hydrogen-bond donors (Lipinski definition) is 1. The standard InChI is InChI=1S/C21H16F3N5OS/c1-13-25-7-8-29(13)18-9-14(5-6-26-18)11-27-19(30)17-12-31-20(28-17)15-3-2-4-16(10-15)21(22,23)24/h2-10,12H,11H2,1H3,(H,27,30). The van der Waals surface area contributed by atoms with E-state index in [2.05, 4.69) is 20.3 Å². The summed E-state index contributed by atoms with van der Waals surface area (Å²) in [4.78, 5) is 25.2. The fourth-order valence-corrected chi connectivity index (χ4v) is 3.73. The fourth-order valence-electron chi connectivity index (χ4n) is 2.93. The Labute approximate surface area is 179 Å². The second-order valence-electron chi connectivity index (χ2n) is 6.67. The quantitative estimate of drug-likeness (QED) is 0.488. The van der Waals surface area contributed by atoms with Crippen LogP contribution in [0.3, 0.4) is 0 Å². The van der Waals surface area contributed by atoms with E-state index >= 15 is 0 Å². The van der Waals surface area contributed by atoms with E-state index in [0.717, 1.165) is 34.9 Å². The summed E-state index contributed by atoms with van der Waals surface area (Å²) in [5.41, 5.74) is 0.540. The highest BCUT2D eigenvalue weighted by Gasteiger charge is 2.30. The van der Waals surface area contributed by atoms with E-state index in [0.29, 0.717) is 16.4 Å². The average molecular weight is 443 g/mol. The first-order chi connectivity index (χ1) is 14.8. The van der Waals surface area contributed by atoms with Crippen LogP contribution in [0.5, 0.6) is 0 Å². The fraction of sp³-hybridized carbons (Fsp3) is 0.143. The van der Waals surface area contributed by atoms with E-state index in [9.17, 15) is 18.0 Å². The molecule has 0 aliphatic heterocycles. The van der Waals surface area contributed by atoms with Gasteiger partial charge in [0, 0.05) is 36.1 Å². The van der Waals surface area contributed by atoms with Gasteiger partial charge in [0.15, 0.2) is 0 Å². The molecule has 3 heterocycles. The van der Waals surface area contributed by atoms with Crippen molar-refractivity contribution in [3.63, 3.8) is 0 Å². The number of pyridine rings is 1. The Morgan fingerprint density at radius 2 is 2.00 bits per heavy atom. The first-order valence-electron chi connectivity index (χ1n) is 9.18. The number of carbonyl (C=O) groups excluding carboxylic acids is 1. The van der Waals surface area contributed by atoms with E-state index in [-0.39, 0.29) is 12.2 Å². The zero-order chi connectivity index (χ0) is 22.0. The molecule has 0 aliphatic carbocycles. The highest BCUT2D eigenvalue weighted by molar-refractivity contribution is 7.13. The summed E-state index contributed by atoms with van der Waals surface area (Å²) >= 11 is 1.11. The van der Waals surface area contributed by atoms with Crippen LogP contribution in [0.4, 0.5) is 13.2 Å². The average Bonchev–Trinajstić information content (AvgIpc) is 3.41. The maximum Gasteiger partial charge on any atom is 0.416 e. The molecule has 1 aromatic carbocycles. The number of amides is 1. The normalized spacial score (nSPS) is 11.5. The second-order valence-corrected chi connectivity index (χ2v) is 7.52. The van der Waals surface area contributed by atoms with Crippen molar-refractivity contribution in [1.82, 2.24) is 24.8 Å². The number of imidazole rings is 1. The predicted molar refractivity (Wildman–Crippen MR) is 110 cm³/mol. The monoisotopic (exact) mass is 443 g/mol. The van der Waals surface area contributed by atoms with Crippen LogP contribution in [0.25, 0.3) is 16.4 Å². The molecule has 0 fully saturated rings. The third-order valence-electron chi connectivity index (χ3n) is 4.51. The van der Waals surface area contributed by atoms with Crippen LogP contribution in [0.1, 0.15) is 27.4 Å². The van der Waals surface area contributed by atoms with Crippen LogP contribution in [0.15, 0.2) is 60.4 Å². The minimum atomic E-state index is -4.44. The predicted octanol–water partition coefficient (Wildman–Crippen LogP) is 4.65. The Hall–Kier alpha value is -3.53. The molecule has 0 aliphatic rings. The minimum absolute atomic E-state index is 0.150. The van der Waals surface area contributed by atoms with Crippen molar-refractivity contribution in [2.75, 3.05) is 0 Å². The lowest BCUT2D eigenvalue weighted by Crippen LogP contribution is -2.23. The van der Waals surface area contributed by atoms with Gasteiger partial charge in [0.1, 0.15) is 22.3 Å². The second kappa shape index (κ2) is 8.31. The van der Waals surface area contributed by atoms with Gasteiger partial charge >= 0.3 is 6.18 Å². The molecule has 0 saturated carbocycles. The van der Waals surface area contributed by atoms with Gasteiger partial charge in [-0.25, -0.2) is 15.0 Å². The van der Waals surface area contributed by atoms with Gasteiger partial charge in [-0.05, 0) is 36.8 Å². The summed E-state index contributed by atoms with van der Waals surface area (Å²) in [7, 11) is 0. The van der Waals surface area contributed by atoms with Crippen LogP contribution < -0.4 is 5.32 Å². The molecule has 10 heteroatoms. The van der Waals surface area contributed by atoms with Gasteiger partial charge in [-0.3, -0.25) is 9.36 Å². The van der Waals surface area contributed by atoms with E-state index < -0.39 is 17.6 Å². The van der Waals surface area contributed by atoms with Crippen LogP contribution in [0.2, 0.25) is 0 Å². The number of hydrogen-bond acceptors (Lipinski definition) is 5. The molecule has 0 spiro atoms. The number of nitrogens with zero attached hydrogens (tertiary/aromatic N) is 4. The summed E-state index contributed by atoms with van der Waals surface area (Å²) in [5.74, 6) is 1.06. The van der Waals surface area contributed by atoms with Crippen LogP contribution in [0, 0.1) is 6.92 Å². The van der Waals surface area contributed by atoms with Gasteiger partial charge in [-0.2, -0.15) is 13.2 Å². The highest BCUT2D eigenvalue weighted by Crippen LogP contribution is 2.33. The molecule has 4 aromatic rings. The van der Waals surface area contributed by atoms with Crippen LogP contribution >= 0.6 is 11.3 Å². The van der Waals surface area contributed by atoms with E-state index in [4.69, 9.17) is 0 Å². The van der Waals surface area contributed by atoms with Crippen LogP contribution in [-0.4, -0.2) is 25.4 Å². The highest BCUT2D eigenvalue weighted by atomic mass is 32.1. The van der Waals surface area contributed by atoms with E-state index in [1.807, 2.05) is 17.6 Å². The molecule has 0 saturated heterocycles. The first-order valence-corrected chi connectivity index (χ1v) is 10.1. The molecular weight excluding hydrogens is 427 g/mol. The number of alkyl halides is 3. The molecule has 0 unspecified atom stereocenters. The van der Waals surface area contributed by atoms with Crippen molar-refractivity contribution in [2.24, 2.45) is 0 Å². The molecule has 6 nitrogen and oxygen atoms in total. The number of carbonyl (C=O) groups is 1. The van der Waals surface area contributed by atoms with Crippen molar-refractivity contribution in [3.05, 3.63) is 83.0 Å². The molecule has 1 amide bonds. The van der Waals surface area contributed by atoms with Gasteiger partial charge < -0.3 is 5.32 Å². The van der Waals surface area contributed by atoms with Crippen molar-refractivity contribution in [2.45, 2.75) is 19.6 Å². The molecule has 0 radical (unpaired) electrons. The smallest absolute Gasteiger partial charge is 0.347 e. The topological polar surface area (TPSA) is 72.7 Å². The van der Waals surface area contributed by atoms with E-state index in [1.54, 1.807) is 24.7 Å². The Balaban J connectivity index is 1.45. The Kier molecular flexibility index (Phi) is 5.55. The van der Waals surface area contributed by atoms with Gasteiger partial charge in [0.2, 0.25) is 0 Å². The van der Waals surface area contributed by atoms with Crippen molar-refractivity contribution in [1.29, 1.82) is 0 Å². The van der Waals surface area contributed by atoms with Crippen molar-refractivity contribution in [3.8, 4) is 16.4 Å². The number of nitrogens with one attached hydrogen (secondary N) is 1. The third kappa shape index (κ3) is 4.64. The molecule has 31 heavy (non-hydrogen) atoms. The SMILES string of the molecule is Cc1nccn1-c1cc(CNC(=O)c2csc(-c3cccc(C(F)(F)F)c3)n2)ccn1. The van der Waals surface area contributed by atoms with Crippen LogP contribution in [-0.2, 0) is 12.7 Å². The van der Waals surface area contributed by atoms with Gasteiger partial charge in [-0.1, -0.05) is 12.1 Å². The van der Waals surface area contributed by atoms with Crippen molar-refractivity contribution >= 4 is 17.2 Å². The minimum Gasteiger partial charge on any atom is -0.347 e. The maximum absolute atomic E-state index is 12.9. The maximum atomic E-state index is 12.9. The molecule has 0 bridgehead atoms. The van der Waals surface area contributed by atoms with E-state index in [1.165, 1.54) is 17.5 Å². The lowest BCUT2D eigenvalue weighted by Gasteiger charge is -2.08. The number of benzene rings is 1.